The van der Waals surface area contributed by atoms with Gasteiger partial charge in [0.05, 0.1) is 17.7 Å². The number of hydrogen-bond donors (Lipinski definition) is 0. The van der Waals surface area contributed by atoms with Crippen molar-refractivity contribution in [3.05, 3.63) is 22.7 Å². The first-order chi connectivity index (χ1) is 11.2. The summed E-state index contributed by atoms with van der Waals surface area (Å²) in [6.45, 7) is 0. The van der Waals surface area contributed by atoms with Crippen LogP contribution in [-0.4, -0.2) is 68.3 Å². The Labute approximate surface area is 149 Å². The lowest BCUT2D eigenvalue weighted by Crippen LogP contribution is -2.52. The van der Waals surface area contributed by atoms with E-state index in [1.54, 1.807) is 31.1 Å². The number of hydrogen-bond acceptors (Lipinski definition) is 8. The number of ether oxygens (including phenoxy) is 1. The van der Waals surface area contributed by atoms with Gasteiger partial charge in [-0.2, -0.15) is 0 Å². The molecule has 0 saturated carbocycles. The molecule has 0 aliphatic carbocycles. The lowest BCUT2D eigenvalue weighted by molar-refractivity contribution is 0.0600. The van der Waals surface area contributed by atoms with Crippen molar-refractivity contribution in [2.24, 2.45) is 5.10 Å². The van der Waals surface area contributed by atoms with Crippen LogP contribution in [0.2, 0.25) is 5.02 Å². The normalized spacial score (nSPS) is 21.4. The van der Waals surface area contributed by atoms with E-state index < -0.39 is 22.3 Å². The summed E-state index contributed by atoms with van der Waals surface area (Å²) in [5, 5.41) is 6.33. The molecule has 0 spiro atoms. The number of rotatable bonds is 2. The van der Waals surface area contributed by atoms with Crippen LogP contribution in [-0.2, 0) is 14.8 Å². The summed E-state index contributed by atoms with van der Waals surface area (Å²) in [6, 6.07) is 2.71. The van der Waals surface area contributed by atoms with Crippen LogP contribution in [0.5, 0.6) is 0 Å². The van der Waals surface area contributed by atoms with Crippen LogP contribution < -0.4 is 0 Å². The van der Waals surface area contributed by atoms with Crippen LogP contribution >= 0.6 is 23.4 Å². The zero-order valence-corrected chi connectivity index (χ0v) is 15.7. The number of hydrazone groups is 1. The molecule has 0 saturated heterocycles. The quantitative estimate of drug-likeness (QED) is 0.703. The van der Waals surface area contributed by atoms with Gasteiger partial charge in [-0.05, 0) is 38.0 Å². The van der Waals surface area contributed by atoms with Crippen LogP contribution in [0.4, 0.5) is 0 Å². The molecule has 2 heterocycles. The smallest absolute Gasteiger partial charge is 0.339 e. The number of sulfonamides is 1. The van der Waals surface area contributed by atoms with Crippen molar-refractivity contribution in [1.29, 1.82) is 0 Å². The van der Waals surface area contributed by atoms with Gasteiger partial charge in [-0.15, -0.1) is 5.10 Å². The first-order valence-corrected chi connectivity index (χ1v) is 9.44. The van der Waals surface area contributed by atoms with Crippen molar-refractivity contribution in [3.63, 3.8) is 0 Å². The van der Waals surface area contributed by atoms with Gasteiger partial charge in [0.1, 0.15) is 4.90 Å². The highest BCUT2D eigenvalue weighted by Gasteiger charge is 2.47. The molecule has 0 radical (unpaired) electrons. The summed E-state index contributed by atoms with van der Waals surface area (Å²) >= 11 is 7.29. The highest BCUT2D eigenvalue weighted by molar-refractivity contribution is 8.16. The fourth-order valence-electron chi connectivity index (χ4n) is 2.60. The summed E-state index contributed by atoms with van der Waals surface area (Å²) in [7, 11) is 2.54. The molecule has 1 aromatic rings. The average molecular weight is 391 g/mol. The van der Waals surface area contributed by atoms with Gasteiger partial charge in [0.2, 0.25) is 5.17 Å². The second-order valence-corrected chi connectivity index (χ2v) is 8.64. The van der Waals surface area contributed by atoms with Gasteiger partial charge < -0.3 is 4.74 Å². The Morgan fingerprint density at radius 3 is 2.67 bits per heavy atom. The number of amidine groups is 1. The molecule has 0 bridgehead atoms. The maximum absolute atomic E-state index is 13.1. The number of methoxy groups -OCH3 is 1. The largest absolute Gasteiger partial charge is 0.465 e. The summed E-state index contributed by atoms with van der Waals surface area (Å²) < 4.78 is 32.1. The lowest BCUT2D eigenvalue weighted by Gasteiger charge is -2.35. The molecule has 3 rings (SSSR count). The average Bonchev–Trinajstić information content (AvgIpc) is 2.83. The lowest BCUT2D eigenvalue weighted by atomic mass is 10.2. The Balaban J connectivity index is 2.19. The maximum atomic E-state index is 13.1. The fourth-order valence-corrected chi connectivity index (χ4v) is 6.25. The zero-order valence-electron chi connectivity index (χ0n) is 13.3. The molecule has 0 aromatic heterocycles. The Kier molecular flexibility index (Phi) is 4.19. The van der Waals surface area contributed by atoms with E-state index in [2.05, 4.69) is 9.84 Å². The third-order valence-corrected chi connectivity index (χ3v) is 6.96. The minimum Gasteiger partial charge on any atom is -0.465 e. The van der Waals surface area contributed by atoms with E-state index in [0.29, 0.717) is 10.1 Å². The van der Waals surface area contributed by atoms with Crippen molar-refractivity contribution in [2.45, 2.75) is 16.1 Å². The first-order valence-electron chi connectivity index (χ1n) is 6.80. The summed E-state index contributed by atoms with van der Waals surface area (Å²) in [5.74, 6) is -0.690. The molecule has 1 aromatic carbocycles. The number of esters is 1. The van der Waals surface area contributed by atoms with Gasteiger partial charge in [0, 0.05) is 11.9 Å². The molecule has 0 fully saturated rings. The van der Waals surface area contributed by atoms with Gasteiger partial charge in [0.15, 0.2) is 6.29 Å². The highest BCUT2D eigenvalue weighted by Crippen LogP contribution is 2.43. The molecule has 11 heteroatoms. The van der Waals surface area contributed by atoms with Gasteiger partial charge in [-0.25, -0.2) is 17.5 Å². The number of carbonyl (C=O) groups excluding carboxylic acids is 1. The van der Waals surface area contributed by atoms with E-state index in [1.165, 1.54) is 35.3 Å². The molecule has 2 aliphatic heterocycles. The van der Waals surface area contributed by atoms with Gasteiger partial charge >= 0.3 is 5.97 Å². The number of fused-ring (bicyclic) bond motifs is 2. The number of carbonyl (C=O) groups is 1. The van der Waals surface area contributed by atoms with Crippen LogP contribution in [0, 0.1) is 0 Å². The Morgan fingerprint density at radius 2 is 2.08 bits per heavy atom. The monoisotopic (exact) mass is 390 g/mol. The van der Waals surface area contributed by atoms with Crippen LogP contribution in [0.15, 0.2) is 27.0 Å². The van der Waals surface area contributed by atoms with Gasteiger partial charge in [-0.3, -0.25) is 9.91 Å². The molecule has 1 unspecified atom stereocenters. The maximum Gasteiger partial charge on any atom is 0.339 e. The molecule has 0 N–H and O–H groups in total. The van der Waals surface area contributed by atoms with Crippen molar-refractivity contribution in [3.8, 4) is 0 Å². The van der Waals surface area contributed by atoms with Crippen molar-refractivity contribution < 1.29 is 17.9 Å². The molecule has 2 aliphatic rings. The van der Waals surface area contributed by atoms with E-state index in [1.807, 2.05) is 0 Å². The van der Waals surface area contributed by atoms with Crippen LogP contribution in [0.1, 0.15) is 10.4 Å². The van der Waals surface area contributed by atoms with E-state index in [9.17, 15) is 13.2 Å². The van der Waals surface area contributed by atoms with E-state index in [-0.39, 0.29) is 15.5 Å². The number of benzene rings is 1. The van der Waals surface area contributed by atoms with E-state index in [4.69, 9.17) is 11.6 Å². The van der Waals surface area contributed by atoms with E-state index in [0.717, 1.165) is 0 Å². The number of thioether (sulfide) groups is 1. The summed E-state index contributed by atoms with van der Waals surface area (Å²) in [6.07, 6.45) is -0.581. The van der Waals surface area contributed by atoms with Gasteiger partial charge in [-0.1, -0.05) is 11.6 Å². The Bertz CT molecular complexity index is 856. The van der Waals surface area contributed by atoms with E-state index >= 15 is 0 Å². The standard InChI is InChI=1S/C13H15ClN4O4S2/c1-16(2)13-17(3)15-12-18(13)24(20,21)10-5-7(11(19)22-4)8(14)6-9(10)23-12/h5-6,13H,1-4H3. The molecule has 130 valence electrons. The Morgan fingerprint density at radius 1 is 1.42 bits per heavy atom. The predicted octanol–water partition coefficient (Wildman–Crippen LogP) is 1.28. The van der Waals surface area contributed by atoms with Crippen LogP contribution in [0.25, 0.3) is 0 Å². The van der Waals surface area contributed by atoms with Crippen molar-refractivity contribution >= 4 is 44.5 Å². The minimum absolute atomic E-state index is 0.0106. The molecule has 24 heavy (non-hydrogen) atoms. The molecule has 8 nitrogen and oxygen atoms in total. The third-order valence-electron chi connectivity index (χ3n) is 3.61. The minimum atomic E-state index is -3.90. The number of nitrogens with zero attached hydrogens (tertiary/aromatic N) is 4. The van der Waals surface area contributed by atoms with Crippen molar-refractivity contribution in [1.82, 2.24) is 14.2 Å². The number of halogens is 1. The molecule has 0 amide bonds. The zero-order chi connectivity index (χ0) is 17.8. The third kappa shape index (κ3) is 2.44. The highest BCUT2D eigenvalue weighted by atomic mass is 35.5. The summed E-state index contributed by atoms with van der Waals surface area (Å²) in [4.78, 5) is 14.0. The summed E-state index contributed by atoms with van der Waals surface area (Å²) in [5.41, 5.74) is 0.0106. The van der Waals surface area contributed by atoms with Crippen LogP contribution in [0.3, 0.4) is 0 Å². The Hall–Kier alpha value is -1.49. The molecular weight excluding hydrogens is 376 g/mol. The fraction of sp³-hybridized carbons (Fsp3) is 0.385. The second kappa shape index (κ2) is 5.80. The van der Waals surface area contributed by atoms with Crippen molar-refractivity contribution in [2.75, 3.05) is 28.3 Å². The van der Waals surface area contributed by atoms with Gasteiger partial charge in [0.25, 0.3) is 10.0 Å². The molecular formula is C13H15ClN4O4S2. The topological polar surface area (TPSA) is 82.5 Å². The molecule has 1 atom stereocenters. The SMILES string of the molecule is COC(=O)c1cc2c(cc1Cl)SC1=NN(C)C(N(C)C)N1S2(=O)=O. The predicted molar refractivity (Wildman–Crippen MR) is 90.3 cm³/mol. The second-order valence-electron chi connectivity index (χ2n) is 5.44. The first kappa shape index (κ1) is 17.3.